The van der Waals surface area contributed by atoms with Crippen LogP contribution in [0.25, 0.3) is 0 Å². The predicted molar refractivity (Wildman–Crippen MR) is 86.8 cm³/mol. The minimum atomic E-state index is -0.0537. The molecule has 0 heterocycles. The van der Waals surface area contributed by atoms with Crippen LogP contribution in [0.3, 0.4) is 0 Å². The molecule has 0 spiro atoms. The molecule has 0 amide bonds. The van der Waals surface area contributed by atoms with Gasteiger partial charge in [-0.3, -0.25) is 4.79 Å². The number of Topliss-reactive ketones (excluding diaryl/α,β-unsaturated/α-hetero) is 1. The van der Waals surface area contributed by atoms with E-state index in [-0.39, 0.29) is 11.7 Å². The summed E-state index contributed by atoms with van der Waals surface area (Å²) in [6, 6.07) is 5.71. The molecular formula is C19H22O2. The van der Waals surface area contributed by atoms with Crippen molar-refractivity contribution < 1.29 is 9.53 Å². The van der Waals surface area contributed by atoms with Gasteiger partial charge in [-0.05, 0) is 49.9 Å². The van der Waals surface area contributed by atoms with Crippen molar-refractivity contribution >= 4 is 5.78 Å². The number of carbonyl (C=O) groups is 1. The Bertz CT molecular complexity index is 596. The van der Waals surface area contributed by atoms with Crippen molar-refractivity contribution in [3.05, 3.63) is 65.8 Å². The fourth-order valence-corrected chi connectivity index (χ4v) is 2.96. The lowest BCUT2D eigenvalue weighted by Gasteiger charge is -2.14. The van der Waals surface area contributed by atoms with Crippen LogP contribution >= 0.6 is 0 Å². The van der Waals surface area contributed by atoms with Crippen molar-refractivity contribution in [3.63, 3.8) is 0 Å². The monoisotopic (exact) mass is 282 g/mol. The summed E-state index contributed by atoms with van der Waals surface area (Å²) in [7, 11) is 1.65. The van der Waals surface area contributed by atoms with Crippen molar-refractivity contribution in [3.8, 4) is 5.75 Å². The number of hydrogen-bond donors (Lipinski definition) is 0. The average Bonchev–Trinajstić information content (AvgIpc) is 2.82. The Morgan fingerprint density at radius 1 is 1.33 bits per heavy atom. The molecule has 1 aromatic carbocycles. The molecule has 0 aliphatic heterocycles. The highest BCUT2D eigenvalue weighted by molar-refractivity contribution is 6.04. The first kappa shape index (κ1) is 15.3. The Morgan fingerprint density at radius 3 is 2.57 bits per heavy atom. The number of carbonyl (C=O) groups excluding carboxylic acids is 1. The summed E-state index contributed by atoms with van der Waals surface area (Å²) < 4.78 is 5.25. The van der Waals surface area contributed by atoms with Gasteiger partial charge in [0.2, 0.25) is 0 Å². The summed E-state index contributed by atoms with van der Waals surface area (Å²) in [5.41, 5.74) is 4.32. The standard InChI is InChI=1S/C19H22O2/c1-5-7-14(8-6-2)13(3)18-12-15-11-16(21-4)9-10-17(15)19(18)20/h5-6,9-11,18H,1-2,7-8,12H2,3-4H3. The number of ether oxygens (including phenoxy) is 1. The number of methoxy groups -OCH3 is 1. The fourth-order valence-electron chi connectivity index (χ4n) is 2.96. The Morgan fingerprint density at radius 2 is 2.00 bits per heavy atom. The number of hydrogen-bond acceptors (Lipinski definition) is 2. The number of allylic oxidation sites excluding steroid dienone is 4. The first-order chi connectivity index (χ1) is 10.1. The second kappa shape index (κ2) is 6.57. The lowest BCUT2D eigenvalue weighted by molar-refractivity contribution is 0.0954. The molecule has 1 unspecified atom stereocenters. The van der Waals surface area contributed by atoms with Crippen molar-refractivity contribution in [1.82, 2.24) is 0 Å². The topological polar surface area (TPSA) is 26.3 Å². The molecule has 0 N–H and O–H groups in total. The third-order valence-corrected chi connectivity index (χ3v) is 4.18. The molecule has 21 heavy (non-hydrogen) atoms. The Labute approximate surface area is 126 Å². The van der Waals surface area contributed by atoms with Crippen LogP contribution < -0.4 is 4.74 Å². The molecule has 2 heteroatoms. The number of rotatable bonds is 6. The molecule has 1 aliphatic rings. The summed E-state index contributed by atoms with van der Waals surface area (Å²) in [4.78, 5) is 12.6. The maximum Gasteiger partial charge on any atom is 0.170 e. The van der Waals surface area contributed by atoms with E-state index in [2.05, 4.69) is 20.1 Å². The summed E-state index contributed by atoms with van der Waals surface area (Å²) in [5, 5.41) is 0. The van der Waals surface area contributed by atoms with Gasteiger partial charge >= 0.3 is 0 Å². The van der Waals surface area contributed by atoms with Gasteiger partial charge in [-0.2, -0.15) is 0 Å². The molecule has 0 fully saturated rings. The molecule has 110 valence electrons. The van der Waals surface area contributed by atoms with Crippen LogP contribution in [0, 0.1) is 5.92 Å². The van der Waals surface area contributed by atoms with E-state index in [9.17, 15) is 4.79 Å². The molecule has 0 saturated carbocycles. The van der Waals surface area contributed by atoms with E-state index in [1.54, 1.807) is 7.11 Å². The van der Waals surface area contributed by atoms with Gasteiger partial charge in [0.05, 0.1) is 7.11 Å². The number of ketones is 1. The molecule has 0 aromatic heterocycles. The quantitative estimate of drug-likeness (QED) is 0.717. The van der Waals surface area contributed by atoms with Gasteiger partial charge in [-0.15, -0.1) is 13.2 Å². The third kappa shape index (κ3) is 2.99. The Balaban J connectivity index is 2.35. The van der Waals surface area contributed by atoms with Gasteiger partial charge < -0.3 is 4.74 Å². The van der Waals surface area contributed by atoms with Gasteiger partial charge in [0, 0.05) is 11.5 Å². The third-order valence-electron chi connectivity index (χ3n) is 4.18. The smallest absolute Gasteiger partial charge is 0.170 e. The fraction of sp³-hybridized carbons (Fsp3) is 0.316. The van der Waals surface area contributed by atoms with E-state index in [4.69, 9.17) is 4.74 Å². The Kier molecular flexibility index (Phi) is 4.79. The molecule has 0 radical (unpaired) electrons. The first-order valence-corrected chi connectivity index (χ1v) is 7.23. The van der Waals surface area contributed by atoms with E-state index in [0.717, 1.165) is 41.7 Å². The van der Waals surface area contributed by atoms with E-state index >= 15 is 0 Å². The molecule has 2 nitrogen and oxygen atoms in total. The maximum absolute atomic E-state index is 12.6. The molecule has 1 atom stereocenters. The lowest BCUT2D eigenvalue weighted by atomic mass is 9.89. The minimum Gasteiger partial charge on any atom is -0.497 e. The van der Waals surface area contributed by atoms with Gasteiger partial charge in [0.15, 0.2) is 5.78 Å². The molecule has 1 aliphatic carbocycles. The van der Waals surface area contributed by atoms with Crippen LogP contribution in [0.2, 0.25) is 0 Å². The molecular weight excluding hydrogens is 260 g/mol. The average molecular weight is 282 g/mol. The van der Waals surface area contributed by atoms with Crippen LogP contribution in [-0.4, -0.2) is 12.9 Å². The predicted octanol–water partition coefficient (Wildman–Crippen LogP) is 4.52. The van der Waals surface area contributed by atoms with Gasteiger partial charge in [0.1, 0.15) is 5.75 Å². The van der Waals surface area contributed by atoms with E-state index in [1.165, 1.54) is 5.57 Å². The van der Waals surface area contributed by atoms with Crippen molar-refractivity contribution in [1.29, 1.82) is 0 Å². The summed E-state index contributed by atoms with van der Waals surface area (Å²) >= 11 is 0. The van der Waals surface area contributed by atoms with Gasteiger partial charge in [-0.1, -0.05) is 23.3 Å². The van der Waals surface area contributed by atoms with Crippen LogP contribution in [0.1, 0.15) is 35.7 Å². The second-order valence-corrected chi connectivity index (χ2v) is 5.42. The van der Waals surface area contributed by atoms with E-state index in [0.29, 0.717) is 0 Å². The van der Waals surface area contributed by atoms with Gasteiger partial charge in [-0.25, -0.2) is 0 Å². The van der Waals surface area contributed by atoms with Crippen molar-refractivity contribution in [2.24, 2.45) is 5.92 Å². The molecule has 0 bridgehead atoms. The molecule has 0 saturated heterocycles. The van der Waals surface area contributed by atoms with E-state index < -0.39 is 0 Å². The molecule has 2 rings (SSSR count). The first-order valence-electron chi connectivity index (χ1n) is 7.23. The zero-order valence-electron chi connectivity index (χ0n) is 12.8. The summed E-state index contributed by atoms with van der Waals surface area (Å²) in [6.07, 6.45) is 6.15. The van der Waals surface area contributed by atoms with Crippen molar-refractivity contribution in [2.45, 2.75) is 26.2 Å². The van der Waals surface area contributed by atoms with Crippen LogP contribution in [0.5, 0.6) is 5.75 Å². The maximum atomic E-state index is 12.6. The highest BCUT2D eigenvalue weighted by atomic mass is 16.5. The van der Waals surface area contributed by atoms with Crippen molar-refractivity contribution in [2.75, 3.05) is 7.11 Å². The highest BCUT2D eigenvalue weighted by Gasteiger charge is 2.32. The van der Waals surface area contributed by atoms with Crippen LogP contribution in [0.15, 0.2) is 54.7 Å². The highest BCUT2D eigenvalue weighted by Crippen LogP contribution is 2.35. The van der Waals surface area contributed by atoms with E-state index in [1.807, 2.05) is 30.4 Å². The SMILES string of the molecule is C=CCC(CC=C)=C(C)C1Cc2cc(OC)ccc2C1=O. The number of benzene rings is 1. The largest absolute Gasteiger partial charge is 0.497 e. The van der Waals surface area contributed by atoms with Crippen LogP contribution in [-0.2, 0) is 6.42 Å². The summed E-state index contributed by atoms with van der Waals surface area (Å²) in [5.74, 6) is 0.971. The number of fused-ring (bicyclic) bond motifs is 1. The minimum absolute atomic E-state index is 0.0537. The van der Waals surface area contributed by atoms with Crippen LogP contribution in [0.4, 0.5) is 0 Å². The lowest BCUT2D eigenvalue weighted by Crippen LogP contribution is -2.12. The summed E-state index contributed by atoms with van der Waals surface area (Å²) in [6.45, 7) is 9.67. The van der Waals surface area contributed by atoms with Gasteiger partial charge in [0.25, 0.3) is 0 Å². The normalized spacial score (nSPS) is 16.3. The zero-order chi connectivity index (χ0) is 15.4. The zero-order valence-corrected chi connectivity index (χ0v) is 12.8. The Hall–Kier alpha value is -2.09. The molecule has 1 aromatic rings. The second-order valence-electron chi connectivity index (χ2n) is 5.42.